The molecule has 0 spiro atoms. The molecule has 1 heterocycles. The van der Waals surface area contributed by atoms with Crippen LogP contribution in [0.5, 0.6) is 0 Å². The van der Waals surface area contributed by atoms with Crippen LogP contribution in [0.4, 0.5) is 0 Å². The third-order valence-electron chi connectivity index (χ3n) is 2.01. The third-order valence-corrected chi connectivity index (χ3v) is 2.63. The maximum atomic E-state index is 12.0. The number of Topliss-reactive ketones (excluding diaryl/α,β-unsaturated/α-hetero) is 1. The van der Waals surface area contributed by atoms with E-state index in [1.165, 1.54) is 6.26 Å². The van der Waals surface area contributed by atoms with Crippen molar-refractivity contribution in [2.24, 2.45) is 0 Å². The molecule has 0 saturated heterocycles. The first-order valence-electron chi connectivity index (χ1n) is 4.52. The molecule has 0 aliphatic rings. The second kappa shape index (κ2) is 4.28. The maximum Gasteiger partial charge on any atom is 0.218 e. The number of likely N-dealkylation sites (N-methyl/N-ethyl adjacent to an activating group) is 1. The Kier molecular flexibility index (Phi) is 3.50. The molecule has 0 unspecified atom stereocenters. The molecule has 0 atom stereocenters. The quantitative estimate of drug-likeness (QED) is 0.846. The lowest BCUT2D eigenvalue weighted by atomic mass is 9.97. The molecule has 0 aliphatic heterocycles. The molecular weight excluding hydrogens is 246 g/mol. The molecule has 14 heavy (non-hydrogen) atoms. The smallest absolute Gasteiger partial charge is 0.218 e. The van der Waals surface area contributed by atoms with Crippen molar-refractivity contribution in [3.63, 3.8) is 0 Å². The van der Waals surface area contributed by atoms with Crippen molar-refractivity contribution in [2.75, 3.05) is 6.54 Å². The zero-order valence-electron chi connectivity index (χ0n) is 8.56. The summed E-state index contributed by atoms with van der Waals surface area (Å²) in [5.74, 6) is 0.326. The molecule has 0 radical (unpaired) electrons. The van der Waals surface area contributed by atoms with Crippen molar-refractivity contribution in [1.82, 2.24) is 5.32 Å². The molecule has 1 aromatic rings. The monoisotopic (exact) mass is 259 g/mol. The van der Waals surface area contributed by atoms with Gasteiger partial charge in [-0.2, -0.15) is 0 Å². The summed E-state index contributed by atoms with van der Waals surface area (Å²) in [4.78, 5) is 12.0. The SMILES string of the molecule is CCNC(C)(C)C(=O)c1occc1Br. The number of halogens is 1. The van der Waals surface area contributed by atoms with Gasteiger partial charge in [-0.1, -0.05) is 6.92 Å². The minimum absolute atomic E-state index is 0.0452. The van der Waals surface area contributed by atoms with Crippen molar-refractivity contribution in [3.05, 3.63) is 22.6 Å². The molecule has 78 valence electrons. The molecule has 0 aliphatic carbocycles. The number of ketones is 1. The average molecular weight is 260 g/mol. The molecule has 0 amide bonds. The number of hydrogen-bond donors (Lipinski definition) is 1. The van der Waals surface area contributed by atoms with Crippen molar-refractivity contribution >= 4 is 21.7 Å². The Morgan fingerprint density at radius 3 is 2.71 bits per heavy atom. The van der Waals surface area contributed by atoms with E-state index in [0.717, 1.165) is 6.54 Å². The minimum atomic E-state index is -0.588. The Hall–Kier alpha value is -0.610. The van der Waals surface area contributed by atoms with Gasteiger partial charge in [0.25, 0.3) is 0 Å². The fourth-order valence-corrected chi connectivity index (χ4v) is 1.64. The molecular formula is C10H14BrNO2. The van der Waals surface area contributed by atoms with Crippen LogP contribution in [0, 0.1) is 0 Å². The molecule has 0 aromatic carbocycles. The summed E-state index contributed by atoms with van der Waals surface area (Å²) in [5, 5.41) is 3.11. The van der Waals surface area contributed by atoms with E-state index in [9.17, 15) is 4.79 Å². The van der Waals surface area contributed by atoms with E-state index in [4.69, 9.17) is 4.42 Å². The largest absolute Gasteiger partial charge is 0.460 e. The van der Waals surface area contributed by atoms with E-state index in [-0.39, 0.29) is 5.78 Å². The molecule has 0 saturated carbocycles. The number of carbonyl (C=O) groups excluding carboxylic acids is 1. The van der Waals surface area contributed by atoms with Gasteiger partial charge in [0, 0.05) is 0 Å². The Bertz CT molecular complexity index is 331. The summed E-state index contributed by atoms with van der Waals surface area (Å²) in [5.41, 5.74) is -0.588. The van der Waals surface area contributed by atoms with Gasteiger partial charge in [-0.25, -0.2) is 0 Å². The van der Waals surface area contributed by atoms with E-state index in [1.54, 1.807) is 6.07 Å². The van der Waals surface area contributed by atoms with Gasteiger partial charge in [0.15, 0.2) is 5.76 Å². The van der Waals surface area contributed by atoms with Crippen LogP contribution in [-0.4, -0.2) is 17.9 Å². The molecule has 0 fully saturated rings. The van der Waals surface area contributed by atoms with E-state index in [0.29, 0.717) is 10.2 Å². The van der Waals surface area contributed by atoms with Crippen LogP contribution in [0.1, 0.15) is 31.3 Å². The zero-order chi connectivity index (χ0) is 10.8. The van der Waals surface area contributed by atoms with Gasteiger partial charge in [0.1, 0.15) is 0 Å². The lowest BCUT2D eigenvalue weighted by Gasteiger charge is -2.22. The van der Waals surface area contributed by atoms with Crippen LogP contribution in [0.25, 0.3) is 0 Å². The first-order chi connectivity index (χ1) is 6.49. The molecule has 4 heteroatoms. The van der Waals surface area contributed by atoms with E-state index < -0.39 is 5.54 Å². The molecule has 1 aromatic heterocycles. The van der Waals surface area contributed by atoms with Gasteiger partial charge in [0.05, 0.1) is 16.3 Å². The van der Waals surface area contributed by atoms with Gasteiger partial charge in [-0.3, -0.25) is 4.79 Å². The van der Waals surface area contributed by atoms with Crippen LogP contribution < -0.4 is 5.32 Å². The van der Waals surface area contributed by atoms with Crippen molar-refractivity contribution in [2.45, 2.75) is 26.3 Å². The number of rotatable bonds is 4. The Balaban J connectivity index is 2.90. The maximum absolute atomic E-state index is 12.0. The van der Waals surface area contributed by atoms with Gasteiger partial charge in [-0.05, 0) is 42.4 Å². The third kappa shape index (κ3) is 2.25. The number of hydrogen-bond acceptors (Lipinski definition) is 3. The van der Waals surface area contributed by atoms with Gasteiger partial charge >= 0.3 is 0 Å². The van der Waals surface area contributed by atoms with Crippen molar-refractivity contribution < 1.29 is 9.21 Å². The number of carbonyl (C=O) groups is 1. The van der Waals surface area contributed by atoms with Crippen molar-refractivity contribution in [1.29, 1.82) is 0 Å². The van der Waals surface area contributed by atoms with Crippen LogP contribution in [0.3, 0.4) is 0 Å². The van der Waals surface area contributed by atoms with Gasteiger partial charge < -0.3 is 9.73 Å². The topological polar surface area (TPSA) is 42.2 Å². The molecule has 3 nitrogen and oxygen atoms in total. The predicted octanol–water partition coefficient (Wildman–Crippen LogP) is 2.61. The lowest BCUT2D eigenvalue weighted by molar-refractivity contribution is 0.0854. The number of nitrogens with one attached hydrogen (secondary N) is 1. The summed E-state index contributed by atoms with van der Waals surface area (Å²) in [6.45, 7) is 6.39. The van der Waals surface area contributed by atoms with Crippen LogP contribution >= 0.6 is 15.9 Å². The van der Waals surface area contributed by atoms with E-state index in [2.05, 4.69) is 21.2 Å². The average Bonchev–Trinajstić information content (AvgIpc) is 2.50. The fourth-order valence-electron chi connectivity index (χ4n) is 1.26. The van der Waals surface area contributed by atoms with Crippen LogP contribution in [0.2, 0.25) is 0 Å². The first kappa shape index (κ1) is 11.5. The van der Waals surface area contributed by atoms with Gasteiger partial charge in [0.2, 0.25) is 5.78 Å². The highest BCUT2D eigenvalue weighted by molar-refractivity contribution is 9.10. The first-order valence-corrected chi connectivity index (χ1v) is 5.31. The fraction of sp³-hybridized carbons (Fsp3) is 0.500. The van der Waals surface area contributed by atoms with E-state index >= 15 is 0 Å². The normalized spacial score (nSPS) is 11.7. The Morgan fingerprint density at radius 1 is 1.64 bits per heavy atom. The highest BCUT2D eigenvalue weighted by Crippen LogP contribution is 2.22. The van der Waals surface area contributed by atoms with Crippen LogP contribution in [0.15, 0.2) is 21.2 Å². The van der Waals surface area contributed by atoms with Crippen molar-refractivity contribution in [3.8, 4) is 0 Å². The Morgan fingerprint density at radius 2 is 2.29 bits per heavy atom. The molecule has 1 N–H and O–H groups in total. The van der Waals surface area contributed by atoms with Crippen LogP contribution in [-0.2, 0) is 0 Å². The second-order valence-corrected chi connectivity index (χ2v) is 4.44. The predicted molar refractivity (Wildman–Crippen MR) is 58.5 cm³/mol. The second-order valence-electron chi connectivity index (χ2n) is 3.58. The lowest BCUT2D eigenvalue weighted by Crippen LogP contribution is -2.46. The summed E-state index contributed by atoms with van der Waals surface area (Å²) in [6.07, 6.45) is 1.50. The molecule has 0 bridgehead atoms. The summed E-state index contributed by atoms with van der Waals surface area (Å²) in [7, 11) is 0. The minimum Gasteiger partial charge on any atom is -0.460 e. The Labute approximate surface area is 92.0 Å². The standard InChI is InChI=1S/C10H14BrNO2/c1-4-12-10(2,3)9(13)8-7(11)5-6-14-8/h5-6,12H,4H2,1-3H3. The van der Waals surface area contributed by atoms with E-state index in [1.807, 2.05) is 20.8 Å². The molecule has 1 rings (SSSR count). The summed E-state index contributed by atoms with van der Waals surface area (Å²) >= 11 is 3.27. The van der Waals surface area contributed by atoms with Gasteiger partial charge in [-0.15, -0.1) is 0 Å². The highest BCUT2D eigenvalue weighted by atomic mass is 79.9. The summed E-state index contributed by atoms with van der Waals surface area (Å²) in [6, 6.07) is 1.72. The highest BCUT2D eigenvalue weighted by Gasteiger charge is 2.30. The summed E-state index contributed by atoms with van der Waals surface area (Å²) < 4.78 is 5.82. The zero-order valence-corrected chi connectivity index (χ0v) is 10.1. The number of furan rings is 1.